The Morgan fingerprint density at radius 2 is 1.96 bits per heavy atom. The molecule has 130 valence electrons. The summed E-state index contributed by atoms with van der Waals surface area (Å²) in [5.41, 5.74) is 0. The number of benzene rings is 1. The normalized spacial score (nSPS) is 12.7. The molecule has 0 bridgehead atoms. The molecule has 0 saturated heterocycles. The van der Waals surface area contributed by atoms with Gasteiger partial charge in [-0.3, -0.25) is 4.79 Å². The molecule has 1 atom stereocenters. The Labute approximate surface area is 140 Å². The fraction of sp³-hybridized carbons (Fsp3) is 0.500. The number of aliphatic hydroxyl groups excluding tert-OH is 1. The second kappa shape index (κ2) is 9.76. The summed E-state index contributed by atoms with van der Waals surface area (Å²) in [7, 11) is -1.16. The quantitative estimate of drug-likeness (QED) is 0.464. The zero-order chi connectivity index (χ0) is 17.3. The summed E-state index contributed by atoms with van der Waals surface area (Å²) in [5.74, 6) is 0.725. The van der Waals surface area contributed by atoms with E-state index in [4.69, 9.17) is 9.84 Å². The highest BCUT2D eigenvalue weighted by molar-refractivity contribution is 7.99. The van der Waals surface area contributed by atoms with Crippen LogP contribution in [0, 0.1) is 0 Å². The van der Waals surface area contributed by atoms with Gasteiger partial charge in [0, 0.05) is 12.4 Å². The van der Waals surface area contributed by atoms with Gasteiger partial charge in [0.25, 0.3) is 0 Å². The Hall–Kier alpha value is -1.29. The smallest absolute Gasteiger partial charge is 0.324 e. The van der Waals surface area contributed by atoms with E-state index in [2.05, 4.69) is 9.46 Å². The Morgan fingerprint density at radius 3 is 2.48 bits per heavy atom. The van der Waals surface area contributed by atoms with Gasteiger partial charge >= 0.3 is 5.97 Å². The molecule has 23 heavy (non-hydrogen) atoms. The summed E-state index contributed by atoms with van der Waals surface area (Å²) in [6, 6.07) is 4.86. The minimum absolute atomic E-state index is 0.0348. The highest BCUT2D eigenvalue weighted by atomic mass is 32.2. The van der Waals surface area contributed by atoms with Crippen molar-refractivity contribution in [3.05, 3.63) is 24.3 Å². The number of aliphatic hydroxyl groups is 1. The number of sulfonamides is 1. The zero-order valence-corrected chi connectivity index (χ0v) is 14.7. The van der Waals surface area contributed by atoms with Crippen LogP contribution >= 0.6 is 11.8 Å². The van der Waals surface area contributed by atoms with Gasteiger partial charge in [-0.1, -0.05) is 0 Å². The molecule has 0 heterocycles. The van der Waals surface area contributed by atoms with Crippen LogP contribution in [0.4, 0.5) is 0 Å². The summed E-state index contributed by atoms with van der Waals surface area (Å²) < 4.78 is 36.7. The summed E-state index contributed by atoms with van der Waals surface area (Å²) in [6.45, 7) is 0.0491. The lowest BCUT2D eigenvalue weighted by Gasteiger charge is -2.16. The first kappa shape index (κ1) is 19.8. The molecule has 1 aromatic rings. The number of methoxy groups -OCH3 is 2. The van der Waals surface area contributed by atoms with Crippen LogP contribution in [0.5, 0.6) is 5.75 Å². The zero-order valence-electron chi connectivity index (χ0n) is 13.0. The first-order valence-corrected chi connectivity index (χ1v) is 9.51. The van der Waals surface area contributed by atoms with Crippen LogP contribution in [0.3, 0.4) is 0 Å². The largest absolute Gasteiger partial charge is 0.497 e. The minimum atomic E-state index is -3.85. The summed E-state index contributed by atoms with van der Waals surface area (Å²) in [4.78, 5) is 11.8. The summed E-state index contributed by atoms with van der Waals surface area (Å²) in [5, 5.41) is 8.74. The molecular formula is C14H21NO6S2. The van der Waals surface area contributed by atoms with E-state index in [-0.39, 0.29) is 17.3 Å². The van der Waals surface area contributed by atoms with E-state index in [0.717, 1.165) is 0 Å². The maximum absolute atomic E-state index is 12.3. The van der Waals surface area contributed by atoms with Crippen molar-refractivity contribution in [3.63, 3.8) is 0 Å². The highest BCUT2D eigenvalue weighted by Crippen LogP contribution is 2.16. The first-order chi connectivity index (χ1) is 10.9. The number of ether oxygens (including phenoxy) is 2. The topological polar surface area (TPSA) is 102 Å². The predicted molar refractivity (Wildman–Crippen MR) is 88.1 cm³/mol. The van der Waals surface area contributed by atoms with Gasteiger partial charge < -0.3 is 14.6 Å². The number of carbonyl (C=O) groups excluding carboxylic acids is 1. The molecule has 0 fully saturated rings. The van der Waals surface area contributed by atoms with Crippen LogP contribution in [-0.2, 0) is 19.6 Å². The van der Waals surface area contributed by atoms with Gasteiger partial charge in [0.15, 0.2) is 0 Å². The van der Waals surface area contributed by atoms with Crippen LogP contribution in [0.15, 0.2) is 29.2 Å². The molecule has 0 saturated carbocycles. The standard InChI is InChI=1S/C14H21NO6S2/c1-20-11-4-6-12(7-5-11)23(18,19)15-13(14(17)21-2)10-22-9-3-8-16/h4-7,13,15-16H,3,8-10H2,1-2H3/t13-/m1/s1. The van der Waals surface area contributed by atoms with Crippen molar-refractivity contribution in [2.75, 3.05) is 32.3 Å². The second-order valence-corrected chi connectivity index (χ2v) is 7.39. The lowest BCUT2D eigenvalue weighted by atomic mass is 10.3. The highest BCUT2D eigenvalue weighted by Gasteiger charge is 2.26. The molecule has 1 rings (SSSR count). The lowest BCUT2D eigenvalue weighted by Crippen LogP contribution is -2.43. The molecule has 0 amide bonds. The van der Waals surface area contributed by atoms with Crippen molar-refractivity contribution in [1.82, 2.24) is 4.72 Å². The third-order valence-electron chi connectivity index (χ3n) is 2.88. The van der Waals surface area contributed by atoms with Gasteiger partial charge in [-0.25, -0.2) is 8.42 Å². The summed E-state index contributed by atoms with van der Waals surface area (Å²) in [6.07, 6.45) is 0.573. The van der Waals surface area contributed by atoms with Gasteiger partial charge in [-0.05, 0) is 36.4 Å². The molecule has 0 aromatic heterocycles. The Balaban J connectivity index is 2.80. The van der Waals surface area contributed by atoms with Gasteiger partial charge in [-0.2, -0.15) is 16.5 Å². The van der Waals surface area contributed by atoms with E-state index in [0.29, 0.717) is 17.9 Å². The van der Waals surface area contributed by atoms with Gasteiger partial charge in [0.05, 0.1) is 19.1 Å². The van der Waals surface area contributed by atoms with Crippen LogP contribution < -0.4 is 9.46 Å². The van der Waals surface area contributed by atoms with Crippen LogP contribution in [-0.4, -0.2) is 57.9 Å². The van der Waals surface area contributed by atoms with Crippen molar-refractivity contribution in [3.8, 4) is 5.75 Å². The Bertz CT molecular complexity index is 588. The molecule has 0 unspecified atom stereocenters. The second-order valence-electron chi connectivity index (χ2n) is 4.52. The van der Waals surface area contributed by atoms with Crippen LogP contribution in [0.1, 0.15) is 6.42 Å². The molecule has 0 aliphatic rings. The fourth-order valence-corrected chi connectivity index (χ4v) is 3.92. The summed E-state index contributed by atoms with van der Waals surface area (Å²) >= 11 is 1.36. The monoisotopic (exact) mass is 363 g/mol. The maximum Gasteiger partial charge on any atom is 0.324 e. The molecule has 0 spiro atoms. The fourth-order valence-electron chi connectivity index (χ4n) is 1.67. The number of nitrogens with one attached hydrogen (secondary N) is 1. The van der Waals surface area contributed by atoms with Crippen molar-refractivity contribution < 1.29 is 27.8 Å². The van der Waals surface area contributed by atoms with E-state index in [1.165, 1.54) is 50.2 Å². The van der Waals surface area contributed by atoms with Gasteiger partial charge in [-0.15, -0.1) is 0 Å². The SMILES string of the molecule is COC(=O)[C@@H](CSCCCO)NS(=O)(=O)c1ccc(OC)cc1. The number of esters is 1. The van der Waals surface area contributed by atoms with Crippen molar-refractivity contribution >= 4 is 27.8 Å². The lowest BCUT2D eigenvalue weighted by molar-refractivity contribution is -0.141. The number of rotatable bonds is 10. The van der Waals surface area contributed by atoms with Crippen LogP contribution in [0.25, 0.3) is 0 Å². The predicted octanol–water partition coefficient (Wildman–Crippen LogP) is 0.631. The van der Waals surface area contributed by atoms with E-state index in [9.17, 15) is 13.2 Å². The number of carbonyl (C=O) groups is 1. The Kier molecular flexibility index (Phi) is 8.38. The molecule has 1 aromatic carbocycles. The number of thioether (sulfide) groups is 1. The molecule has 7 nitrogen and oxygen atoms in total. The van der Waals surface area contributed by atoms with Crippen molar-refractivity contribution in [2.45, 2.75) is 17.4 Å². The van der Waals surface area contributed by atoms with E-state index in [1.807, 2.05) is 0 Å². The number of hydrogen-bond acceptors (Lipinski definition) is 7. The Morgan fingerprint density at radius 1 is 1.30 bits per heavy atom. The average molecular weight is 363 g/mol. The molecule has 0 radical (unpaired) electrons. The molecule has 2 N–H and O–H groups in total. The minimum Gasteiger partial charge on any atom is -0.497 e. The third-order valence-corrected chi connectivity index (χ3v) is 5.52. The molecule has 9 heteroatoms. The van der Waals surface area contributed by atoms with E-state index < -0.39 is 22.0 Å². The van der Waals surface area contributed by atoms with Crippen molar-refractivity contribution in [1.29, 1.82) is 0 Å². The van der Waals surface area contributed by atoms with Gasteiger partial charge in [0.1, 0.15) is 11.8 Å². The van der Waals surface area contributed by atoms with Crippen LogP contribution in [0.2, 0.25) is 0 Å². The van der Waals surface area contributed by atoms with E-state index >= 15 is 0 Å². The van der Waals surface area contributed by atoms with Gasteiger partial charge in [0.2, 0.25) is 10.0 Å². The third kappa shape index (κ3) is 6.38. The maximum atomic E-state index is 12.3. The number of hydrogen-bond donors (Lipinski definition) is 2. The molecule has 0 aliphatic carbocycles. The molecular weight excluding hydrogens is 342 g/mol. The van der Waals surface area contributed by atoms with E-state index in [1.54, 1.807) is 0 Å². The first-order valence-electron chi connectivity index (χ1n) is 6.87. The van der Waals surface area contributed by atoms with Crippen molar-refractivity contribution in [2.24, 2.45) is 0 Å². The average Bonchev–Trinajstić information content (AvgIpc) is 2.56. The molecule has 0 aliphatic heterocycles.